The van der Waals surface area contributed by atoms with Crippen LogP contribution in [0.1, 0.15) is 11.5 Å². The summed E-state index contributed by atoms with van der Waals surface area (Å²) in [4.78, 5) is 34.7. The lowest BCUT2D eigenvalue weighted by Crippen LogP contribution is -2.51. The zero-order valence-corrected chi connectivity index (χ0v) is 10.9. The summed E-state index contributed by atoms with van der Waals surface area (Å²) in [5.74, 6) is 6.04. The molecule has 0 aromatic carbocycles. The van der Waals surface area contributed by atoms with E-state index in [1.807, 2.05) is 6.92 Å². The Bertz CT molecular complexity index is 518. The summed E-state index contributed by atoms with van der Waals surface area (Å²) in [5, 5.41) is 0. The van der Waals surface area contributed by atoms with Crippen LogP contribution >= 0.6 is 0 Å². The van der Waals surface area contributed by atoms with E-state index in [0.29, 0.717) is 11.6 Å². The highest BCUT2D eigenvalue weighted by Gasteiger charge is 2.28. The molecule has 2 heterocycles. The molecule has 1 aliphatic rings. The van der Waals surface area contributed by atoms with Crippen LogP contribution in [0.5, 0.6) is 0 Å². The Morgan fingerprint density at radius 2 is 2.05 bits per heavy atom. The maximum atomic E-state index is 11.8. The molecule has 8 nitrogen and oxygen atoms in total. The first-order chi connectivity index (χ1) is 8.99. The van der Waals surface area contributed by atoms with Gasteiger partial charge < -0.3 is 15.2 Å². The number of aromatic nitrogens is 2. The minimum Gasteiger partial charge on any atom is -0.335 e. The highest BCUT2D eigenvalue weighted by Crippen LogP contribution is 2.10. The number of hydrazine groups is 1. The Hall–Kier alpha value is -2.22. The molecule has 0 unspecified atom stereocenters. The number of nitrogens with one attached hydrogen (secondary N) is 1. The fourth-order valence-corrected chi connectivity index (χ4v) is 1.85. The van der Waals surface area contributed by atoms with Crippen molar-refractivity contribution >= 4 is 17.6 Å². The fraction of sp³-hybridized carbons (Fsp3) is 0.455. The Labute approximate surface area is 110 Å². The Balaban J connectivity index is 2.14. The maximum Gasteiger partial charge on any atom is 0.243 e. The Morgan fingerprint density at radius 3 is 2.74 bits per heavy atom. The van der Waals surface area contributed by atoms with Crippen molar-refractivity contribution < 1.29 is 9.59 Å². The minimum atomic E-state index is -0.116. The average molecular weight is 264 g/mol. The summed E-state index contributed by atoms with van der Waals surface area (Å²) in [6.45, 7) is 2.16. The molecule has 0 bridgehead atoms. The van der Waals surface area contributed by atoms with Crippen molar-refractivity contribution in [3.8, 4) is 0 Å². The van der Waals surface area contributed by atoms with E-state index in [0.717, 1.165) is 5.69 Å². The third-order valence-electron chi connectivity index (χ3n) is 2.86. The lowest BCUT2D eigenvalue weighted by molar-refractivity contribution is -0.149. The van der Waals surface area contributed by atoms with Crippen molar-refractivity contribution in [3.05, 3.63) is 17.6 Å². The van der Waals surface area contributed by atoms with E-state index in [1.165, 1.54) is 9.80 Å². The summed E-state index contributed by atoms with van der Waals surface area (Å²) in [7, 11) is 1.61. The second-order valence-electron chi connectivity index (χ2n) is 4.45. The van der Waals surface area contributed by atoms with Crippen LogP contribution in [-0.4, -0.2) is 51.7 Å². The van der Waals surface area contributed by atoms with E-state index < -0.39 is 0 Å². The molecular weight excluding hydrogens is 248 g/mol. The fourth-order valence-electron chi connectivity index (χ4n) is 1.85. The van der Waals surface area contributed by atoms with Gasteiger partial charge in [-0.15, -0.1) is 0 Å². The molecule has 2 amide bonds. The minimum absolute atomic E-state index is 0.0536. The molecule has 1 saturated heterocycles. The molecule has 2 rings (SSSR count). The van der Waals surface area contributed by atoms with Crippen LogP contribution < -0.4 is 11.3 Å². The quantitative estimate of drug-likeness (QED) is 0.529. The molecule has 0 atom stereocenters. The number of piperazine rings is 1. The van der Waals surface area contributed by atoms with Crippen molar-refractivity contribution in [2.75, 3.05) is 25.6 Å². The number of hydrogen-bond acceptors (Lipinski definition) is 6. The zero-order valence-electron chi connectivity index (χ0n) is 10.9. The van der Waals surface area contributed by atoms with Gasteiger partial charge in [0.2, 0.25) is 11.8 Å². The molecule has 1 aliphatic heterocycles. The number of aryl methyl sites for hydroxylation is 1. The highest BCUT2D eigenvalue weighted by molar-refractivity contribution is 5.92. The van der Waals surface area contributed by atoms with Gasteiger partial charge in [-0.1, -0.05) is 0 Å². The van der Waals surface area contributed by atoms with Crippen LogP contribution in [0.25, 0.3) is 0 Å². The van der Waals surface area contributed by atoms with Gasteiger partial charge in [-0.2, -0.15) is 0 Å². The summed E-state index contributed by atoms with van der Waals surface area (Å²) < 4.78 is 0. The SMILES string of the molecule is Cc1cc(NN)nc(CN2CC(=O)N(C)CC2=O)n1. The molecular formula is C11H16N6O2. The number of amides is 2. The van der Waals surface area contributed by atoms with Crippen LogP contribution in [0.3, 0.4) is 0 Å². The van der Waals surface area contributed by atoms with Crippen LogP contribution in [0, 0.1) is 6.92 Å². The summed E-state index contributed by atoms with van der Waals surface area (Å²) in [6, 6.07) is 1.69. The Morgan fingerprint density at radius 1 is 1.32 bits per heavy atom. The average Bonchev–Trinajstić information content (AvgIpc) is 2.35. The number of anilines is 1. The summed E-state index contributed by atoms with van der Waals surface area (Å²) in [5.41, 5.74) is 3.18. The van der Waals surface area contributed by atoms with E-state index in [9.17, 15) is 9.59 Å². The smallest absolute Gasteiger partial charge is 0.243 e. The number of likely N-dealkylation sites (N-methyl/N-ethyl adjacent to an activating group) is 1. The van der Waals surface area contributed by atoms with E-state index >= 15 is 0 Å². The van der Waals surface area contributed by atoms with Crippen LogP contribution in [0.15, 0.2) is 6.07 Å². The monoisotopic (exact) mass is 264 g/mol. The van der Waals surface area contributed by atoms with Crippen LogP contribution in [0.4, 0.5) is 5.82 Å². The number of rotatable bonds is 3. The number of hydrogen-bond donors (Lipinski definition) is 2. The number of nitrogen functional groups attached to an aromatic ring is 1. The molecule has 0 spiro atoms. The Kier molecular flexibility index (Phi) is 3.61. The summed E-state index contributed by atoms with van der Waals surface area (Å²) in [6.07, 6.45) is 0. The van der Waals surface area contributed by atoms with E-state index in [4.69, 9.17) is 5.84 Å². The largest absolute Gasteiger partial charge is 0.335 e. The summed E-state index contributed by atoms with van der Waals surface area (Å²) >= 11 is 0. The second kappa shape index (κ2) is 5.19. The van der Waals surface area contributed by atoms with Gasteiger partial charge in [-0.05, 0) is 6.92 Å². The first-order valence-corrected chi connectivity index (χ1v) is 5.82. The molecule has 1 fully saturated rings. The second-order valence-corrected chi connectivity index (χ2v) is 4.45. The lowest BCUT2D eigenvalue weighted by Gasteiger charge is -2.31. The third kappa shape index (κ3) is 2.97. The predicted molar refractivity (Wildman–Crippen MR) is 67.6 cm³/mol. The third-order valence-corrected chi connectivity index (χ3v) is 2.86. The van der Waals surface area contributed by atoms with Crippen molar-refractivity contribution in [1.82, 2.24) is 19.8 Å². The van der Waals surface area contributed by atoms with Gasteiger partial charge in [0.1, 0.15) is 18.2 Å². The molecule has 8 heteroatoms. The number of nitrogens with two attached hydrogens (primary N) is 1. The van der Waals surface area contributed by atoms with Crippen molar-refractivity contribution in [1.29, 1.82) is 0 Å². The van der Waals surface area contributed by atoms with Crippen molar-refractivity contribution in [2.45, 2.75) is 13.5 Å². The molecule has 19 heavy (non-hydrogen) atoms. The normalized spacial score (nSPS) is 15.9. The highest BCUT2D eigenvalue weighted by atomic mass is 16.2. The first-order valence-electron chi connectivity index (χ1n) is 5.82. The van der Waals surface area contributed by atoms with Crippen LogP contribution in [-0.2, 0) is 16.1 Å². The molecule has 0 saturated carbocycles. The molecule has 3 N–H and O–H groups in total. The van der Waals surface area contributed by atoms with Crippen molar-refractivity contribution in [2.24, 2.45) is 5.84 Å². The number of nitrogens with zero attached hydrogens (tertiary/aromatic N) is 4. The van der Waals surface area contributed by atoms with Gasteiger partial charge in [-0.3, -0.25) is 9.59 Å². The topological polar surface area (TPSA) is 104 Å². The molecule has 1 aromatic rings. The number of carbonyl (C=O) groups excluding carboxylic acids is 2. The first kappa shape index (κ1) is 13.2. The van der Waals surface area contributed by atoms with Crippen LogP contribution in [0.2, 0.25) is 0 Å². The van der Waals surface area contributed by atoms with E-state index in [-0.39, 0.29) is 31.4 Å². The van der Waals surface area contributed by atoms with Gasteiger partial charge in [0, 0.05) is 18.8 Å². The van der Waals surface area contributed by atoms with Gasteiger partial charge >= 0.3 is 0 Å². The van der Waals surface area contributed by atoms with Gasteiger partial charge in [0.15, 0.2) is 0 Å². The van der Waals surface area contributed by atoms with E-state index in [2.05, 4.69) is 15.4 Å². The maximum absolute atomic E-state index is 11.8. The molecule has 0 radical (unpaired) electrons. The van der Waals surface area contributed by atoms with Gasteiger partial charge in [0.25, 0.3) is 0 Å². The zero-order chi connectivity index (χ0) is 14.0. The molecule has 1 aromatic heterocycles. The number of carbonyl (C=O) groups is 2. The van der Waals surface area contributed by atoms with Gasteiger partial charge in [0.05, 0.1) is 13.1 Å². The predicted octanol–water partition coefficient (Wildman–Crippen LogP) is -1.13. The lowest BCUT2D eigenvalue weighted by atomic mass is 10.3. The standard InChI is InChI=1S/C11H16N6O2/c1-7-3-8(15-12)14-9(13-7)4-17-6-10(18)16(2)5-11(17)19/h3H,4-6,12H2,1-2H3,(H,13,14,15). The molecule has 0 aliphatic carbocycles. The van der Waals surface area contributed by atoms with E-state index in [1.54, 1.807) is 13.1 Å². The van der Waals surface area contributed by atoms with Crippen molar-refractivity contribution in [3.63, 3.8) is 0 Å². The van der Waals surface area contributed by atoms with Gasteiger partial charge in [-0.25, -0.2) is 15.8 Å². The molecule has 102 valence electrons.